The van der Waals surface area contributed by atoms with E-state index in [-0.39, 0.29) is 24.7 Å². The Morgan fingerprint density at radius 2 is 1.92 bits per heavy atom. The van der Waals surface area contributed by atoms with Crippen molar-refractivity contribution in [2.75, 3.05) is 13.4 Å². The first-order chi connectivity index (χ1) is 17.4. The average Bonchev–Trinajstić information content (AvgIpc) is 3.46. The van der Waals surface area contributed by atoms with Crippen LogP contribution in [0.15, 0.2) is 72.4 Å². The summed E-state index contributed by atoms with van der Waals surface area (Å²) in [5, 5.41) is 11.3. The fraction of sp³-hybridized carbons (Fsp3) is 0.250. The van der Waals surface area contributed by atoms with Gasteiger partial charge in [-0.2, -0.15) is 0 Å². The number of rotatable bonds is 7. The summed E-state index contributed by atoms with van der Waals surface area (Å²) < 4.78 is 16.7. The first-order valence-corrected chi connectivity index (χ1v) is 11.7. The molecule has 2 aliphatic rings. The van der Waals surface area contributed by atoms with Gasteiger partial charge >= 0.3 is 0 Å². The van der Waals surface area contributed by atoms with E-state index in [1.54, 1.807) is 42.6 Å². The van der Waals surface area contributed by atoms with Gasteiger partial charge in [0.05, 0.1) is 30.5 Å². The lowest BCUT2D eigenvalue weighted by Gasteiger charge is -2.25. The molecule has 1 atom stereocenters. The molecule has 1 aromatic heterocycles. The van der Waals surface area contributed by atoms with Crippen LogP contribution >= 0.6 is 0 Å². The second-order valence-corrected chi connectivity index (χ2v) is 9.09. The summed E-state index contributed by atoms with van der Waals surface area (Å²) in [6.07, 6.45) is 1.63. The third kappa shape index (κ3) is 4.49. The van der Waals surface area contributed by atoms with Crippen molar-refractivity contribution in [2.45, 2.75) is 26.4 Å². The fourth-order valence-corrected chi connectivity index (χ4v) is 4.29. The highest BCUT2D eigenvalue weighted by Crippen LogP contribution is 2.42. The highest BCUT2D eigenvalue weighted by Gasteiger charge is 2.46. The lowest BCUT2D eigenvalue weighted by Crippen LogP contribution is -2.29. The molecule has 8 nitrogen and oxygen atoms in total. The molecule has 5 rings (SSSR count). The maximum Gasteiger partial charge on any atom is 0.296 e. The van der Waals surface area contributed by atoms with E-state index in [1.165, 1.54) is 4.90 Å². The van der Waals surface area contributed by atoms with Crippen molar-refractivity contribution >= 4 is 17.4 Å². The Kier molecular flexibility index (Phi) is 6.33. The average molecular weight is 487 g/mol. The van der Waals surface area contributed by atoms with Crippen LogP contribution in [-0.2, 0) is 16.1 Å². The number of benzene rings is 2. The number of Topliss-reactive ketones (excluding diaryl/α,β-unsaturated/α-hetero) is 1. The van der Waals surface area contributed by atoms with Crippen LogP contribution < -0.4 is 14.2 Å². The van der Waals surface area contributed by atoms with Gasteiger partial charge in [0.1, 0.15) is 11.5 Å². The molecule has 1 fully saturated rings. The number of aromatic nitrogens is 1. The quantitative estimate of drug-likeness (QED) is 0.299. The van der Waals surface area contributed by atoms with Crippen LogP contribution in [0.2, 0.25) is 0 Å². The van der Waals surface area contributed by atoms with Crippen molar-refractivity contribution in [2.24, 2.45) is 5.92 Å². The number of ketones is 1. The minimum atomic E-state index is -0.833. The lowest BCUT2D eigenvalue weighted by molar-refractivity contribution is -0.140. The molecule has 3 aromatic rings. The number of carbonyl (C=O) groups is 2. The van der Waals surface area contributed by atoms with Gasteiger partial charge in [-0.15, -0.1) is 0 Å². The largest absolute Gasteiger partial charge is 0.507 e. The van der Waals surface area contributed by atoms with Crippen LogP contribution in [0.5, 0.6) is 17.2 Å². The Morgan fingerprint density at radius 1 is 1.08 bits per heavy atom. The zero-order valence-corrected chi connectivity index (χ0v) is 20.0. The van der Waals surface area contributed by atoms with Gasteiger partial charge in [0, 0.05) is 11.8 Å². The van der Waals surface area contributed by atoms with Crippen LogP contribution in [0, 0.1) is 5.92 Å². The molecule has 0 bridgehead atoms. The van der Waals surface area contributed by atoms with E-state index in [1.807, 2.05) is 24.3 Å². The first kappa shape index (κ1) is 23.4. The monoisotopic (exact) mass is 486 g/mol. The van der Waals surface area contributed by atoms with Gasteiger partial charge in [0.2, 0.25) is 6.79 Å². The van der Waals surface area contributed by atoms with E-state index in [4.69, 9.17) is 14.2 Å². The number of amides is 1. The minimum absolute atomic E-state index is 0.00388. The van der Waals surface area contributed by atoms with Crippen molar-refractivity contribution in [1.29, 1.82) is 0 Å². The van der Waals surface area contributed by atoms with Crippen molar-refractivity contribution in [3.8, 4) is 17.2 Å². The number of fused-ring (bicyclic) bond motifs is 1. The molecule has 1 unspecified atom stereocenters. The van der Waals surface area contributed by atoms with E-state index in [0.29, 0.717) is 46.6 Å². The van der Waals surface area contributed by atoms with Crippen molar-refractivity contribution in [3.63, 3.8) is 0 Å². The molecule has 0 aliphatic carbocycles. The van der Waals surface area contributed by atoms with Gasteiger partial charge in [-0.3, -0.25) is 14.6 Å². The highest BCUT2D eigenvalue weighted by atomic mass is 16.7. The second kappa shape index (κ2) is 9.73. The third-order valence-electron chi connectivity index (χ3n) is 6.00. The lowest BCUT2D eigenvalue weighted by atomic mass is 9.95. The molecule has 0 saturated carbocycles. The molecular weight excluding hydrogens is 460 g/mol. The summed E-state index contributed by atoms with van der Waals surface area (Å²) in [6.45, 7) is 4.81. The number of hydrogen-bond acceptors (Lipinski definition) is 7. The van der Waals surface area contributed by atoms with Gasteiger partial charge in [-0.1, -0.05) is 32.0 Å². The summed E-state index contributed by atoms with van der Waals surface area (Å²) in [5.41, 5.74) is 1.62. The molecule has 0 spiro atoms. The highest BCUT2D eigenvalue weighted by molar-refractivity contribution is 6.46. The van der Waals surface area contributed by atoms with Crippen LogP contribution in [0.25, 0.3) is 5.76 Å². The normalized spacial score (nSPS) is 18.2. The molecule has 1 N–H and O–H groups in total. The first-order valence-electron chi connectivity index (χ1n) is 11.7. The molecule has 36 heavy (non-hydrogen) atoms. The molecule has 8 heteroatoms. The van der Waals surface area contributed by atoms with Crippen LogP contribution in [0.4, 0.5) is 0 Å². The fourth-order valence-electron chi connectivity index (χ4n) is 4.29. The second-order valence-electron chi connectivity index (χ2n) is 9.09. The Balaban J connectivity index is 1.61. The number of aliphatic hydroxyl groups is 1. The smallest absolute Gasteiger partial charge is 0.296 e. The summed E-state index contributed by atoms with van der Waals surface area (Å²) in [5.74, 6) is 0.202. The van der Waals surface area contributed by atoms with Crippen LogP contribution in [-0.4, -0.2) is 40.1 Å². The van der Waals surface area contributed by atoms with E-state index < -0.39 is 17.7 Å². The summed E-state index contributed by atoms with van der Waals surface area (Å²) >= 11 is 0. The van der Waals surface area contributed by atoms with Crippen LogP contribution in [0.1, 0.15) is 36.7 Å². The Hall–Kier alpha value is -4.33. The molecule has 184 valence electrons. The molecule has 3 heterocycles. The standard InChI is InChI=1S/C28H26N2O6/c1-17(2)15-34-21-8-5-6-18(12-21)25-24(26(31)19-9-10-22-23(13-19)36-16-35-22)27(32)28(33)30(25)14-20-7-3-4-11-29-20/h3-13,17,25,31H,14-16H2,1-2H3/b26-24-. The topological polar surface area (TPSA) is 98.2 Å². The van der Waals surface area contributed by atoms with E-state index in [9.17, 15) is 14.7 Å². The number of ether oxygens (including phenoxy) is 3. The maximum absolute atomic E-state index is 13.3. The van der Waals surface area contributed by atoms with Crippen molar-refractivity contribution in [3.05, 3.63) is 89.3 Å². The zero-order chi connectivity index (χ0) is 25.2. The van der Waals surface area contributed by atoms with Gasteiger partial charge in [0.25, 0.3) is 11.7 Å². The minimum Gasteiger partial charge on any atom is -0.507 e. The SMILES string of the molecule is CC(C)COc1cccc(C2/C(=C(/O)c3ccc4c(c3)OCO4)C(=O)C(=O)N2Cc2ccccn2)c1. The van der Waals surface area contributed by atoms with Gasteiger partial charge in [0.15, 0.2) is 11.5 Å². The maximum atomic E-state index is 13.3. The predicted octanol–water partition coefficient (Wildman–Crippen LogP) is 4.47. The Bertz CT molecular complexity index is 1330. The molecule has 2 aliphatic heterocycles. The number of pyridine rings is 1. The van der Waals surface area contributed by atoms with Gasteiger partial charge in [-0.05, 0) is 53.9 Å². The number of carbonyl (C=O) groups excluding carboxylic acids is 2. The van der Waals surface area contributed by atoms with Gasteiger partial charge < -0.3 is 24.2 Å². The van der Waals surface area contributed by atoms with E-state index in [0.717, 1.165) is 0 Å². The van der Waals surface area contributed by atoms with Crippen molar-refractivity contribution < 1.29 is 28.9 Å². The number of likely N-dealkylation sites (tertiary alicyclic amines) is 1. The molecule has 1 amide bonds. The van der Waals surface area contributed by atoms with Crippen molar-refractivity contribution in [1.82, 2.24) is 9.88 Å². The zero-order valence-electron chi connectivity index (χ0n) is 20.0. The van der Waals surface area contributed by atoms with E-state index in [2.05, 4.69) is 18.8 Å². The Labute approximate surface area is 208 Å². The summed E-state index contributed by atoms with van der Waals surface area (Å²) in [4.78, 5) is 32.3. The predicted molar refractivity (Wildman–Crippen MR) is 131 cm³/mol. The third-order valence-corrected chi connectivity index (χ3v) is 6.00. The molecular formula is C28H26N2O6. The van der Waals surface area contributed by atoms with Gasteiger partial charge in [-0.25, -0.2) is 0 Å². The van der Waals surface area contributed by atoms with E-state index >= 15 is 0 Å². The molecule has 2 aromatic carbocycles. The number of nitrogens with zero attached hydrogens (tertiary/aromatic N) is 2. The molecule has 1 saturated heterocycles. The summed E-state index contributed by atoms with van der Waals surface area (Å²) in [7, 11) is 0. The summed E-state index contributed by atoms with van der Waals surface area (Å²) in [6, 6.07) is 16.7. The van der Waals surface area contributed by atoms with Crippen LogP contribution in [0.3, 0.4) is 0 Å². The number of hydrogen-bond donors (Lipinski definition) is 1. The number of aliphatic hydroxyl groups excluding tert-OH is 1. The Morgan fingerprint density at radius 3 is 2.69 bits per heavy atom. The molecule has 0 radical (unpaired) electrons.